The van der Waals surface area contributed by atoms with Crippen molar-refractivity contribution in [1.82, 2.24) is 9.97 Å². The summed E-state index contributed by atoms with van der Waals surface area (Å²) in [7, 11) is 0. The summed E-state index contributed by atoms with van der Waals surface area (Å²) in [4.78, 5) is 29.0. The first-order valence-electron chi connectivity index (χ1n) is 5.71. The lowest BCUT2D eigenvalue weighted by atomic mass is 10.1. The number of nitrogens with one attached hydrogen (secondary N) is 1. The molecule has 0 radical (unpaired) electrons. The van der Waals surface area contributed by atoms with E-state index in [9.17, 15) is 14.9 Å². The van der Waals surface area contributed by atoms with Gasteiger partial charge in [0.15, 0.2) is 0 Å². The van der Waals surface area contributed by atoms with Crippen molar-refractivity contribution < 1.29 is 4.92 Å². The minimum Gasteiger partial charge on any atom is -0.310 e. The molecule has 18 heavy (non-hydrogen) atoms. The Bertz CT molecular complexity index is 663. The summed E-state index contributed by atoms with van der Waals surface area (Å²) in [5, 5.41) is 11.1. The number of benzene rings is 1. The van der Waals surface area contributed by atoms with Crippen molar-refractivity contribution in [2.45, 2.75) is 26.2 Å². The van der Waals surface area contributed by atoms with Crippen LogP contribution in [0.1, 0.15) is 32.0 Å². The van der Waals surface area contributed by atoms with Gasteiger partial charge in [-0.2, -0.15) is 0 Å². The number of non-ortho nitro benzene ring substituents is 1. The normalized spacial score (nSPS) is 12.6. The summed E-state index contributed by atoms with van der Waals surface area (Å²) < 4.78 is 0. The number of nitrogens with zero attached hydrogens (tertiary/aromatic N) is 2. The molecule has 0 saturated heterocycles. The minimum atomic E-state index is -0.495. The van der Waals surface area contributed by atoms with Crippen LogP contribution in [-0.2, 0) is 0 Å². The van der Waals surface area contributed by atoms with Crippen LogP contribution in [-0.4, -0.2) is 14.9 Å². The molecule has 1 N–H and O–H groups in total. The van der Waals surface area contributed by atoms with Crippen molar-refractivity contribution >= 4 is 16.6 Å². The monoisotopic (exact) mass is 247 g/mol. The van der Waals surface area contributed by atoms with E-state index in [4.69, 9.17) is 0 Å². The van der Waals surface area contributed by atoms with Crippen LogP contribution in [0.5, 0.6) is 0 Å². The van der Waals surface area contributed by atoms with Crippen molar-refractivity contribution in [2.24, 2.45) is 0 Å². The van der Waals surface area contributed by atoms with Crippen LogP contribution in [0.15, 0.2) is 23.0 Å². The van der Waals surface area contributed by atoms with Gasteiger partial charge in [0.25, 0.3) is 11.2 Å². The lowest BCUT2D eigenvalue weighted by Gasteiger charge is -2.08. The van der Waals surface area contributed by atoms with Crippen LogP contribution in [0, 0.1) is 10.1 Å². The number of aromatic amines is 1. The van der Waals surface area contributed by atoms with Gasteiger partial charge in [-0.1, -0.05) is 13.8 Å². The molecule has 2 rings (SSSR count). The average molecular weight is 247 g/mol. The minimum absolute atomic E-state index is 0.0595. The molecule has 94 valence electrons. The van der Waals surface area contributed by atoms with Gasteiger partial charge in [-0.15, -0.1) is 0 Å². The fourth-order valence-corrected chi connectivity index (χ4v) is 1.69. The van der Waals surface area contributed by atoms with E-state index in [0.717, 1.165) is 6.42 Å². The predicted molar refractivity (Wildman–Crippen MR) is 67.7 cm³/mol. The Balaban J connectivity index is 2.68. The maximum Gasteiger partial charge on any atom is 0.271 e. The van der Waals surface area contributed by atoms with Gasteiger partial charge in [-0.25, -0.2) is 4.98 Å². The number of nitro benzene ring substituents is 1. The zero-order valence-corrected chi connectivity index (χ0v) is 10.1. The molecule has 0 fully saturated rings. The number of nitro groups is 1. The van der Waals surface area contributed by atoms with Gasteiger partial charge in [0.05, 0.1) is 15.8 Å². The molecule has 0 bridgehead atoms. The second kappa shape index (κ2) is 4.56. The maximum atomic E-state index is 11.8. The molecular formula is C12H13N3O3. The van der Waals surface area contributed by atoms with Gasteiger partial charge >= 0.3 is 0 Å². The van der Waals surface area contributed by atoms with Gasteiger partial charge < -0.3 is 4.98 Å². The predicted octanol–water partition coefficient (Wildman–Crippen LogP) is 2.34. The zero-order valence-electron chi connectivity index (χ0n) is 10.1. The second-order valence-electron chi connectivity index (χ2n) is 4.22. The quantitative estimate of drug-likeness (QED) is 0.665. The lowest BCUT2D eigenvalue weighted by molar-refractivity contribution is -0.384. The molecule has 6 nitrogen and oxygen atoms in total. The van der Waals surface area contributed by atoms with Crippen molar-refractivity contribution in [2.75, 3.05) is 0 Å². The van der Waals surface area contributed by atoms with Crippen LogP contribution in [0.25, 0.3) is 10.9 Å². The average Bonchev–Trinajstić information content (AvgIpc) is 2.36. The second-order valence-corrected chi connectivity index (χ2v) is 4.22. The van der Waals surface area contributed by atoms with Crippen LogP contribution < -0.4 is 5.56 Å². The van der Waals surface area contributed by atoms with Crippen molar-refractivity contribution in [1.29, 1.82) is 0 Å². The Labute approximate surface area is 103 Å². The molecule has 0 saturated carbocycles. The molecule has 0 aliphatic carbocycles. The van der Waals surface area contributed by atoms with Crippen LogP contribution in [0.4, 0.5) is 5.69 Å². The topological polar surface area (TPSA) is 88.9 Å². The summed E-state index contributed by atoms with van der Waals surface area (Å²) in [6.45, 7) is 3.93. The first-order valence-corrected chi connectivity index (χ1v) is 5.71. The van der Waals surface area contributed by atoms with E-state index in [-0.39, 0.29) is 17.2 Å². The van der Waals surface area contributed by atoms with Gasteiger partial charge in [-0.05, 0) is 12.5 Å². The first kappa shape index (κ1) is 12.2. The van der Waals surface area contributed by atoms with Gasteiger partial charge in [0.2, 0.25) is 0 Å². The Morgan fingerprint density at radius 2 is 2.22 bits per heavy atom. The Kier molecular flexibility index (Phi) is 3.10. The molecule has 1 aromatic heterocycles. The van der Waals surface area contributed by atoms with Crippen LogP contribution in [0.3, 0.4) is 0 Å². The molecule has 6 heteroatoms. The van der Waals surface area contributed by atoms with Gasteiger partial charge in [-0.3, -0.25) is 14.9 Å². The van der Waals surface area contributed by atoms with Gasteiger partial charge in [0, 0.05) is 18.1 Å². The standard InChI is InChI=1S/C12H13N3O3/c1-3-7(2)11-13-10-6-8(15(17)18)4-5-9(10)12(16)14-11/h4-7H,3H2,1-2H3,(H,13,14,16). The molecule has 1 heterocycles. The summed E-state index contributed by atoms with van der Waals surface area (Å²) >= 11 is 0. The first-order chi connectivity index (χ1) is 8.52. The Morgan fingerprint density at radius 1 is 1.50 bits per heavy atom. The fraction of sp³-hybridized carbons (Fsp3) is 0.333. The number of hydrogen-bond donors (Lipinski definition) is 1. The van der Waals surface area contributed by atoms with E-state index < -0.39 is 4.92 Å². The van der Waals surface area contributed by atoms with Crippen molar-refractivity contribution in [3.8, 4) is 0 Å². The molecule has 0 spiro atoms. The molecular weight excluding hydrogens is 234 g/mol. The van der Waals surface area contributed by atoms with E-state index in [1.165, 1.54) is 18.2 Å². The third-order valence-corrected chi connectivity index (χ3v) is 3.00. The fourth-order valence-electron chi connectivity index (χ4n) is 1.69. The van der Waals surface area contributed by atoms with Crippen LogP contribution in [0.2, 0.25) is 0 Å². The van der Waals surface area contributed by atoms with Crippen molar-refractivity contribution in [3.63, 3.8) is 0 Å². The number of rotatable bonds is 3. The maximum absolute atomic E-state index is 11.8. The molecule has 0 aliphatic heterocycles. The SMILES string of the molecule is CCC(C)c1nc2cc([N+](=O)[O-])ccc2c(=O)[nH]1. The van der Waals surface area contributed by atoms with E-state index >= 15 is 0 Å². The molecule has 2 aromatic rings. The number of hydrogen-bond acceptors (Lipinski definition) is 4. The highest BCUT2D eigenvalue weighted by molar-refractivity contribution is 5.79. The highest BCUT2D eigenvalue weighted by atomic mass is 16.6. The number of fused-ring (bicyclic) bond motifs is 1. The van der Waals surface area contributed by atoms with E-state index in [0.29, 0.717) is 16.7 Å². The van der Waals surface area contributed by atoms with Crippen molar-refractivity contribution in [3.05, 3.63) is 44.5 Å². The third-order valence-electron chi connectivity index (χ3n) is 3.00. The lowest BCUT2D eigenvalue weighted by Crippen LogP contribution is -2.13. The summed E-state index contributed by atoms with van der Waals surface area (Å²) in [5.74, 6) is 0.678. The smallest absolute Gasteiger partial charge is 0.271 e. The van der Waals surface area contributed by atoms with Gasteiger partial charge in [0.1, 0.15) is 5.82 Å². The third kappa shape index (κ3) is 2.09. The highest BCUT2D eigenvalue weighted by Gasteiger charge is 2.12. The molecule has 1 aromatic carbocycles. The highest BCUT2D eigenvalue weighted by Crippen LogP contribution is 2.19. The number of aromatic nitrogens is 2. The Morgan fingerprint density at radius 3 is 2.83 bits per heavy atom. The largest absolute Gasteiger partial charge is 0.310 e. The van der Waals surface area contributed by atoms with E-state index in [1.807, 2.05) is 13.8 Å². The Hall–Kier alpha value is -2.24. The van der Waals surface area contributed by atoms with E-state index in [1.54, 1.807) is 0 Å². The van der Waals surface area contributed by atoms with E-state index in [2.05, 4.69) is 9.97 Å². The summed E-state index contributed by atoms with van der Waals surface area (Å²) in [6.07, 6.45) is 0.837. The summed E-state index contributed by atoms with van der Waals surface area (Å²) in [5.41, 5.74) is 0.0455. The summed E-state index contributed by atoms with van der Waals surface area (Å²) in [6, 6.07) is 4.07. The molecule has 1 unspecified atom stereocenters. The zero-order chi connectivity index (χ0) is 13.3. The molecule has 1 atom stereocenters. The van der Waals surface area contributed by atoms with Crippen LogP contribution >= 0.6 is 0 Å². The molecule has 0 amide bonds. The molecule has 0 aliphatic rings. The number of H-pyrrole nitrogens is 1.